The van der Waals surface area contributed by atoms with Crippen LogP contribution in [0.2, 0.25) is 0 Å². The van der Waals surface area contributed by atoms with Crippen molar-refractivity contribution in [3.8, 4) is 0 Å². The number of hydrogen-bond acceptors (Lipinski definition) is 3. The highest BCUT2D eigenvalue weighted by atomic mass is 19.1. The molecule has 0 spiro atoms. The van der Waals surface area contributed by atoms with Gasteiger partial charge in [-0.3, -0.25) is 0 Å². The van der Waals surface area contributed by atoms with E-state index in [2.05, 4.69) is 12.2 Å². The highest BCUT2D eigenvalue weighted by molar-refractivity contribution is 5.16. The zero-order valence-corrected chi connectivity index (χ0v) is 10.9. The second kappa shape index (κ2) is 9.03. The maximum Gasteiger partial charge on any atom is 0.127 e. The molecule has 0 aliphatic carbocycles. The molecule has 1 aromatic carbocycles. The van der Waals surface area contributed by atoms with Gasteiger partial charge in [-0.05, 0) is 12.5 Å². The largest absolute Gasteiger partial charge is 0.389 e. The predicted octanol–water partition coefficient (Wildman–Crippen LogP) is 2.09. The van der Waals surface area contributed by atoms with E-state index in [1.807, 2.05) is 0 Å². The highest BCUT2D eigenvalue weighted by Crippen LogP contribution is 2.05. The Morgan fingerprint density at radius 3 is 2.89 bits per heavy atom. The average Bonchev–Trinajstić information content (AvgIpc) is 2.37. The molecule has 0 radical (unpaired) electrons. The minimum Gasteiger partial charge on any atom is -0.389 e. The van der Waals surface area contributed by atoms with E-state index in [4.69, 9.17) is 4.74 Å². The fourth-order valence-electron chi connectivity index (χ4n) is 1.54. The molecule has 0 bridgehead atoms. The SMILES string of the molecule is CCCCOCC(O)CNCc1ccccc1F. The highest BCUT2D eigenvalue weighted by Gasteiger charge is 2.05. The van der Waals surface area contributed by atoms with Crippen molar-refractivity contribution in [2.45, 2.75) is 32.4 Å². The monoisotopic (exact) mass is 255 g/mol. The molecule has 0 fully saturated rings. The van der Waals surface area contributed by atoms with Gasteiger partial charge in [-0.2, -0.15) is 0 Å². The molecular weight excluding hydrogens is 233 g/mol. The average molecular weight is 255 g/mol. The summed E-state index contributed by atoms with van der Waals surface area (Å²) < 4.78 is 18.6. The Labute approximate surface area is 108 Å². The normalized spacial score (nSPS) is 12.6. The third kappa shape index (κ3) is 6.10. The van der Waals surface area contributed by atoms with Crippen LogP contribution >= 0.6 is 0 Å². The molecule has 1 atom stereocenters. The third-order valence-corrected chi connectivity index (χ3v) is 2.61. The van der Waals surface area contributed by atoms with Gasteiger partial charge >= 0.3 is 0 Å². The number of hydrogen-bond donors (Lipinski definition) is 2. The minimum atomic E-state index is -0.548. The quantitative estimate of drug-likeness (QED) is 0.664. The summed E-state index contributed by atoms with van der Waals surface area (Å²) in [6.45, 7) is 3.92. The first-order valence-corrected chi connectivity index (χ1v) is 6.44. The molecule has 0 saturated heterocycles. The molecule has 0 aromatic heterocycles. The van der Waals surface area contributed by atoms with Crippen molar-refractivity contribution in [1.82, 2.24) is 5.32 Å². The third-order valence-electron chi connectivity index (χ3n) is 2.61. The van der Waals surface area contributed by atoms with E-state index in [1.54, 1.807) is 18.2 Å². The number of ether oxygens (including phenoxy) is 1. The van der Waals surface area contributed by atoms with Crippen LogP contribution in [0.1, 0.15) is 25.3 Å². The fraction of sp³-hybridized carbons (Fsp3) is 0.571. The van der Waals surface area contributed by atoms with Crippen molar-refractivity contribution < 1.29 is 14.2 Å². The first-order chi connectivity index (χ1) is 8.74. The second-order valence-electron chi connectivity index (χ2n) is 4.30. The minimum absolute atomic E-state index is 0.223. The number of halogens is 1. The van der Waals surface area contributed by atoms with Crippen LogP contribution in [0.4, 0.5) is 4.39 Å². The summed E-state index contributed by atoms with van der Waals surface area (Å²) in [5, 5.41) is 12.6. The van der Waals surface area contributed by atoms with Gasteiger partial charge in [-0.25, -0.2) is 4.39 Å². The van der Waals surface area contributed by atoms with Gasteiger partial charge in [0.15, 0.2) is 0 Å². The zero-order chi connectivity index (χ0) is 13.2. The lowest BCUT2D eigenvalue weighted by Gasteiger charge is -2.12. The van der Waals surface area contributed by atoms with Gasteiger partial charge < -0.3 is 15.2 Å². The molecule has 102 valence electrons. The number of rotatable bonds is 9. The van der Waals surface area contributed by atoms with Crippen molar-refractivity contribution in [2.24, 2.45) is 0 Å². The topological polar surface area (TPSA) is 41.5 Å². The number of aliphatic hydroxyl groups is 1. The van der Waals surface area contributed by atoms with Crippen LogP contribution in [0.15, 0.2) is 24.3 Å². The molecule has 1 rings (SSSR count). The summed E-state index contributed by atoms with van der Waals surface area (Å²) in [4.78, 5) is 0. The lowest BCUT2D eigenvalue weighted by atomic mass is 10.2. The van der Waals surface area contributed by atoms with Crippen LogP contribution in [-0.4, -0.2) is 31.0 Å². The Balaban J connectivity index is 2.12. The Kier molecular flexibility index (Phi) is 7.57. The lowest BCUT2D eigenvalue weighted by Crippen LogP contribution is -2.30. The fourth-order valence-corrected chi connectivity index (χ4v) is 1.54. The van der Waals surface area contributed by atoms with Gasteiger partial charge in [0.1, 0.15) is 5.82 Å². The van der Waals surface area contributed by atoms with E-state index in [9.17, 15) is 9.50 Å². The van der Waals surface area contributed by atoms with Gasteiger partial charge in [0, 0.05) is 25.3 Å². The van der Waals surface area contributed by atoms with E-state index in [1.165, 1.54) is 6.07 Å². The van der Waals surface area contributed by atoms with Crippen LogP contribution in [0.3, 0.4) is 0 Å². The van der Waals surface area contributed by atoms with E-state index in [0.717, 1.165) is 12.8 Å². The van der Waals surface area contributed by atoms with Gasteiger partial charge in [0.25, 0.3) is 0 Å². The number of benzene rings is 1. The smallest absolute Gasteiger partial charge is 0.127 e. The van der Waals surface area contributed by atoms with Crippen molar-refractivity contribution in [1.29, 1.82) is 0 Å². The first-order valence-electron chi connectivity index (χ1n) is 6.44. The van der Waals surface area contributed by atoms with E-state index < -0.39 is 6.10 Å². The summed E-state index contributed by atoms with van der Waals surface area (Å²) in [5.41, 5.74) is 0.608. The van der Waals surface area contributed by atoms with Gasteiger partial charge in [-0.1, -0.05) is 31.5 Å². The number of nitrogens with one attached hydrogen (secondary N) is 1. The molecular formula is C14H22FNO2. The van der Waals surface area contributed by atoms with E-state index in [-0.39, 0.29) is 5.82 Å². The molecule has 3 nitrogen and oxygen atoms in total. The van der Waals surface area contributed by atoms with Crippen LogP contribution < -0.4 is 5.32 Å². The molecule has 0 heterocycles. The van der Waals surface area contributed by atoms with Crippen molar-refractivity contribution in [3.63, 3.8) is 0 Å². The second-order valence-corrected chi connectivity index (χ2v) is 4.30. The zero-order valence-electron chi connectivity index (χ0n) is 10.9. The van der Waals surface area contributed by atoms with Gasteiger partial charge in [0.05, 0.1) is 12.7 Å². The predicted molar refractivity (Wildman–Crippen MR) is 69.8 cm³/mol. The molecule has 0 aliphatic heterocycles. The molecule has 0 aliphatic rings. The molecule has 1 aromatic rings. The molecule has 0 amide bonds. The molecule has 2 N–H and O–H groups in total. The van der Waals surface area contributed by atoms with Crippen LogP contribution in [0.5, 0.6) is 0 Å². The van der Waals surface area contributed by atoms with Gasteiger partial charge in [-0.15, -0.1) is 0 Å². The molecule has 0 saturated carbocycles. The lowest BCUT2D eigenvalue weighted by molar-refractivity contribution is 0.0357. The summed E-state index contributed by atoms with van der Waals surface area (Å²) in [5.74, 6) is -0.223. The van der Waals surface area contributed by atoms with Crippen LogP contribution in [-0.2, 0) is 11.3 Å². The van der Waals surface area contributed by atoms with Crippen molar-refractivity contribution in [3.05, 3.63) is 35.6 Å². The van der Waals surface area contributed by atoms with Crippen LogP contribution in [0.25, 0.3) is 0 Å². The Morgan fingerprint density at radius 1 is 1.39 bits per heavy atom. The Bertz CT molecular complexity index is 333. The maximum atomic E-state index is 13.3. The summed E-state index contributed by atoms with van der Waals surface area (Å²) in [6.07, 6.45) is 1.55. The number of unbranched alkanes of at least 4 members (excludes halogenated alkanes) is 1. The first kappa shape index (κ1) is 15.1. The standard InChI is InChI=1S/C14H22FNO2/c1-2-3-8-18-11-13(17)10-16-9-12-6-4-5-7-14(12)15/h4-7,13,16-17H,2-3,8-11H2,1H3. The Hall–Kier alpha value is -0.970. The van der Waals surface area contributed by atoms with Gasteiger partial charge in [0.2, 0.25) is 0 Å². The molecule has 18 heavy (non-hydrogen) atoms. The number of aliphatic hydroxyl groups excluding tert-OH is 1. The van der Waals surface area contributed by atoms with Crippen molar-refractivity contribution in [2.75, 3.05) is 19.8 Å². The molecule has 1 unspecified atom stereocenters. The van der Waals surface area contributed by atoms with Crippen molar-refractivity contribution >= 4 is 0 Å². The van der Waals surface area contributed by atoms with Crippen LogP contribution in [0, 0.1) is 5.82 Å². The summed E-state index contributed by atoms with van der Waals surface area (Å²) in [7, 11) is 0. The Morgan fingerprint density at radius 2 is 2.17 bits per heavy atom. The van der Waals surface area contributed by atoms with E-state index in [0.29, 0.717) is 31.9 Å². The summed E-state index contributed by atoms with van der Waals surface area (Å²) in [6, 6.07) is 6.62. The van der Waals surface area contributed by atoms with E-state index >= 15 is 0 Å². The molecule has 4 heteroatoms. The maximum absolute atomic E-state index is 13.3. The summed E-state index contributed by atoms with van der Waals surface area (Å²) >= 11 is 0.